The highest BCUT2D eigenvalue weighted by molar-refractivity contribution is 7.21. The Morgan fingerprint density at radius 1 is 1.52 bits per heavy atom. The molecule has 1 aliphatic heterocycles. The number of hydrogen-bond acceptors (Lipinski definition) is 6. The molecule has 2 aromatic heterocycles. The SMILES string of the molecule is CC(=O)c1sc2c(c1N)c(=O)[nH]c(=O)n2CC1CCCO1. The topological polar surface area (TPSA) is 107 Å². The smallest absolute Gasteiger partial charge is 0.329 e. The molecule has 0 saturated carbocycles. The zero-order chi connectivity index (χ0) is 15.1. The van der Waals surface area contributed by atoms with E-state index in [9.17, 15) is 14.4 Å². The Morgan fingerprint density at radius 3 is 2.90 bits per heavy atom. The molecule has 1 atom stereocenters. The van der Waals surface area contributed by atoms with Gasteiger partial charge in [-0.2, -0.15) is 0 Å². The first kappa shape index (κ1) is 14.0. The van der Waals surface area contributed by atoms with Crippen molar-refractivity contribution in [3.05, 3.63) is 25.7 Å². The molecule has 3 heterocycles. The fraction of sp³-hybridized carbons (Fsp3) is 0.462. The number of ether oxygens (including phenoxy) is 1. The second-order valence-electron chi connectivity index (χ2n) is 5.09. The zero-order valence-corrected chi connectivity index (χ0v) is 12.3. The number of aromatic amines is 1. The van der Waals surface area contributed by atoms with Crippen LogP contribution >= 0.6 is 11.3 Å². The van der Waals surface area contributed by atoms with Gasteiger partial charge in [0.2, 0.25) is 0 Å². The molecule has 3 rings (SSSR count). The highest BCUT2D eigenvalue weighted by atomic mass is 32.1. The fourth-order valence-corrected chi connectivity index (χ4v) is 3.70. The van der Waals surface area contributed by atoms with Gasteiger partial charge in [0.05, 0.1) is 28.6 Å². The van der Waals surface area contributed by atoms with E-state index in [1.54, 1.807) is 0 Å². The van der Waals surface area contributed by atoms with Crippen LogP contribution in [-0.2, 0) is 11.3 Å². The number of carbonyl (C=O) groups is 1. The predicted octanol–water partition coefficient (Wildman–Crippen LogP) is 0.715. The van der Waals surface area contributed by atoms with Gasteiger partial charge in [0.1, 0.15) is 4.83 Å². The minimum Gasteiger partial charge on any atom is -0.397 e. The van der Waals surface area contributed by atoms with Crippen molar-refractivity contribution in [2.75, 3.05) is 12.3 Å². The summed E-state index contributed by atoms with van der Waals surface area (Å²) in [5.74, 6) is -0.218. The van der Waals surface area contributed by atoms with Gasteiger partial charge in [-0.15, -0.1) is 11.3 Å². The maximum Gasteiger partial charge on any atom is 0.329 e. The molecule has 0 aliphatic carbocycles. The number of anilines is 1. The molecule has 1 aliphatic rings. The van der Waals surface area contributed by atoms with Crippen molar-refractivity contribution >= 4 is 33.0 Å². The molecule has 3 N–H and O–H groups in total. The summed E-state index contributed by atoms with van der Waals surface area (Å²) in [5, 5.41) is 0.211. The van der Waals surface area contributed by atoms with Crippen LogP contribution in [0.2, 0.25) is 0 Å². The monoisotopic (exact) mass is 309 g/mol. The van der Waals surface area contributed by atoms with Gasteiger partial charge in [-0.3, -0.25) is 19.1 Å². The Labute approximate surface area is 123 Å². The van der Waals surface area contributed by atoms with Crippen LogP contribution in [0.1, 0.15) is 29.4 Å². The van der Waals surface area contributed by atoms with Gasteiger partial charge in [-0.05, 0) is 12.8 Å². The Hall–Kier alpha value is -1.93. The summed E-state index contributed by atoms with van der Waals surface area (Å²) in [6.45, 7) is 2.42. The fourth-order valence-electron chi connectivity index (χ4n) is 2.58. The van der Waals surface area contributed by atoms with Crippen molar-refractivity contribution in [3.8, 4) is 0 Å². The van der Waals surface area contributed by atoms with Crippen molar-refractivity contribution in [2.24, 2.45) is 0 Å². The largest absolute Gasteiger partial charge is 0.397 e. The molecule has 1 unspecified atom stereocenters. The molecule has 8 heteroatoms. The lowest BCUT2D eigenvalue weighted by atomic mass is 10.2. The summed E-state index contributed by atoms with van der Waals surface area (Å²) in [7, 11) is 0. The molecule has 0 bridgehead atoms. The van der Waals surface area contributed by atoms with Crippen LogP contribution in [0, 0.1) is 0 Å². The molecule has 1 saturated heterocycles. The second kappa shape index (κ2) is 5.12. The second-order valence-corrected chi connectivity index (χ2v) is 6.09. The van der Waals surface area contributed by atoms with Crippen LogP contribution in [0.15, 0.2) is 9.59 Å². The van der Waals surface area contributed by atoms with E-state index in [-0.39, 0.29) is 23.0 Å². The number of nitrogens with zero attached hydrogens (tertiary/aromatic N) is 1. The van der Waals surface area contributed by atoms with Gasteiger partial charge in [-0.25, -0.2) is 4.79 Å². The van der Waals surface area contributed by atoms with Gasteiger partial charge in [0.15, 0.2) is 5.78 Å². The van der Waals surface area contributed by atoms with Crippen molar-refractivity contribution < 1.29 is 9.53 Å². The first-order chi connectivity index (χ1) is 9.99. The normalized spacial score (nSPS) is 18.4. The van der Waals surface area contributed by atoms with Crippen molar-refractivity contribution in [3.63, 3.8) is 0 Å². The molecule has 0 spiro atoms. The molecule has 1 fully saturated rings. The molecular weight excluding hydrogens is 294 g/mol. The van der Waals surface area contributed by atoms with E-state index in [2.05, 4.69) is 4.98 Å². The third-order valence-corrected chi connectivity index (χ3v) is 4.92. The maximum atomic E-state index is 12.1. The molecule has 21 heavy (non-hydrogen) atoms. The van der Waals surface area contributed by atoms with Gasteiger partial charge in [-0.1, -0.05) is 0 Å². The number of nitrogens with two attached hydrogens (primary N) is 1. The van der Waals surface area contributed by atoms with E-state index in [4.69, 9.17) is 10.5 Å². The Bertz CT molecular complexity index is 826. The zero-order valence-electron chi connectivity index (χ0n) is 11.5. The van der Waals surface area contributed by atoms with E-state index in [0.29, 0.717) is 22.9 Å². The van der Waals surface area contributed by atoms with Crippen LogP contribution in [-0.4, -0.2) is 28.0 Å². The van der Waals surface area contributed by atoms with Crippen LogP contribution in [0.25, 0.3) is 10.2 Å². The first-order valence-electron chi connectivity index (χ1n) is 6.66. The number of nitrogen functional groups attached to an aromatic ring is 1. The standard InChI is InChI=1S/C13H15N3O4S/c1-6(17)10-9(14)8-11(18)15-13(19)16(12(8)21-10)5-7-3-2-4-20-7/h7H,2-5,14H2,1H3,(H,15,18,19). The lowest BCUT2D eigenvalue weighted by molar-refractivity contribution is 0.0970. The van der Waals surface area contributed by atoms with E-state index in [1.165, 1.54) is 11.5 Å². The van der Waals surface area contributed by atoms with Crippen LogP contribution in [0.4, 0.5) is 5.69 Å². The average Bonchev–Trinajstić information content (AvgIpc) is 3.02. The molecule has 0 radical (unpaired) electrons. The quantitative estimate of drug-likeness (QED) is 0.812. The number of fused-ring (bicyclic) bond motifs is 1. The minimum atomic E-state index is -0.556. The van der Waals surface area contributed by atoms with E-state index in [0.717, 1.165) is 24.2 Å². The number of ketones is 1. The van der Waals surface area contributed by atoms with Crippen LogP contribution < -0.4 is 17.0 Å². The summed E-state index contributed by atoms with van der Waals surface area (Å²) >= 11 is 1.08. The van der Waals surface area contributed by atoms with E-state index >= 15 is 0 Å². The summed E-state index contributed by atoms with van der Waals surface area (Å²) in [4.78, 5) is 38.6. The van der Waals surface area contributed by atoms with Crippen molar-refractivity contribution in [1.82, 2.24) is 9.55 Å². The molecule has 7 nitrogen and oxygen atoms in total. The number of H-pyrrole nitrogens is 1. The summed E-state index contributed by atoms with van der Waals surface area (Å²) < 4.78 is 6.97. The van der Waals surface area contributed by atoms with Gasteiger partial charge >= 0.3 is 5.69 Å². The van der Waals surface area contributed by atoms with E-state index < -0.39 is 11.2 Å². The van der Waals surface area contributed by atoms with Crippen molar-refractivity contribution in [1.29, 1.82) is 0 Å². The molecule has 0 amide bonds. The number of hydrogen-bond donors (Lipinski definition) is 2. The summed E-state index contributed by atoms with van der Waals surface area (Å²) in [5.41, 5.74) is 4.98. The first-order valence-corrected chi connectivity index (χ1v) is 7.48. The number of nitrogens with one attached hydrogen (secondary N) is 1. The summed E-state index contributed by atoms with van der Waals surface area (Å²) in [6.07, 6.45) is 1.77. The lowest BCUT2D eigenvalue weighted by Gasteiger charge is -2.12. The molecular formula is C13H15N3O4S. The Balaban J connectivity index is 2.23. The number of aromatic nitrogens is 2. The molecule has 112 valence electrons. The third kappa shape index (κ3) is 2.30. The highest BCUT2D eigenvalue weighted by Gasteiger charge is 2.22. The van der Waals surface area contributed by atoms with E-state index in [1.807, 2.05) is 0 Å². The number of Topliss-reactive ketones (excluding diaryl/α,β-unsaturated/α-hetero) is 1. The Morgan fingerprint density at radius 2 is 2.29 bits per heavy atom. The number of thiophene rings is 1. The Kier molecular flexibility index (Phi) is 3.42. The summed E-state index contributed by atoms with van der Waals surface area (Å²) in [6, 6.07) is 0. The minimum absolute atomic E-state index is 0.0547. The van der Waals surface area contributed by atoms with Crippen LogP contribution in [0.5, 0.6) is 0 Å². The average molecular weight is 309 g/mol. The molecule has 0 aromatic carbocycles. The molecule has 2 aromatic rings. The third-order valence-electron chi connectivity index (χ3n) is 3.59. The van der Waals surface area contributed by atoms with Crippen molar-refractivity contribution in [2.45, 2.75) is 32.4 Å². The van der Waals surface area contributed by atoms with Crippen LogP contribution in [0.3, 0.4) is 0 Å². The highest BCUT2D eigenvalue weighted by Crippen LogP contribution is 2.31. The van der Waals surface area contributed by atoms with Gasteiger partial charge < -0.3 is 10.5 Å². The van der Waals surface area contributed by atoms with Gasteiger partial charge in [0, 0.05) is 13.5 Å². The maximum absolute atomic E-state index is 12.1. The number of carbonyl (C=O) groups excluding carboxylic acids is 1. The lowest BCUT2D eigenvalue weighted by Crippen LogP contribution is -2.33. The number of rotatable bonds is 3. The van der Waals surface area contributed by atoms with Gasteiger partial charge in [0.25, 0.3) is 5.56 Å². The predicted molar refractivity (Wildman–Crippen MR) is 80.1 cm³/mol.